The molecule has 0 heterocycles. The molecule has 0 spiro atoms. The fraction of sp³-hybridized carbons (Fsp3) is 0.538. The first-order valence-corrected chi connectivity index (χ1v) is 6.08. The summed E-state index contributed by atoms with van der Waals surface area (Å²) in [5, 5.41) is 0. The first-order valence-electron chi connectivity index (χ1n) is 6.08. The van der Waals surface area contributed by atoms with E-state index in [1.54, 1.807) is 0 Å². The van der Waals surface area contributed by atoms with Gasteiger partial charge in [-0.05, 0) is 19.5 Å². The van der Waals surface area contributed by atoms with Crippen LogP contribution in [-0.2, 0) is 6.54 Å². The normalized spacial score (nSPS) is 11.9. The molecule has 2 N–H and O–H groups in total. The largest absolute Gasteiger partial charge is 0.493 e. The van der Waals surface area contributed by atoms with Crippen LogP contribution in [0.25, 0.3) is 0 Å². The van der Waals surface area contributed by atoms with Crippen molar-refractivity contribution in [2.45, 2.75) is 19.1 Å². The zero-order chi connectivity index (χ0) is 14.3. The molecule has 0 aliphatic carbocycles. The average molecular weight is 276 g/mol. The molecule has 19 heavy (non-hydrogen) atoms. The number of benzene rings is 1. The van der Waals surface area contributed by atoms with Crippen LogP contribution in [0.3, 0.4) is 0 Å². The van der Waals surface area contributed by atoms with Crippen molar-refractivity contribution in [2.75, 3.05) is 26.7 Å². The Labute approximate surface area is 111 Å². The van der Waals surface area contributed by atoms with Gasteiger partial charge in [0, 0.05) is 18.7 Å². The Bertz CT molecular complexity index is 382. The molecule has 3 nitrogen and oxygen atoms in total. The predicted molar refractivity (Wildman–Crippen MR) is 68.0 cm³/mol. The molecule has 0 amide bonds. The third-order valence-corrected chi connectivity index (χ3v) is 2.58. The summed E-state index contributed by atoms with van der Waals surface area (Å²) in [6, 6.07) is 7.38. The number of hydrogen-bond acceptors (Lipinski definition) is 3. The number of nitrogens with zero attached hydrogens (tertiary/aromatic N) is 1. The van der Waals surface area contributed by atoms with Gasteiger partial charge < -0.3 is 10.5 Å². The molecule has 0 aliphatic rings. The van der Waals surface area contributed by atoms with E-state index in [-0.39, 0.29) is 0 Å². The number of alkyl halides is 3. The average Bonchev–Trinajstić information content (AvgIpc) is 2.33. The highest BCUT2D eigenvalue weighted by molar-refractivity contribution is 5.32. The van der Waals surface area contributed by atoms with Crippen molar-refractivity contribution in [2.24, 2.45) is 5.73 Å². The summed E-state index contributed by atoms with van der Waals surface area (Å²) in [5.74, 6) is 0.698. The summed E-state index contributed by atoms with van der Waals surface area (Å²) >= 11 is 0. The van der Waals surface area contributed by atoms with Crippen LogP contribution < -0.4 is 10.5 Å². The van der Waals surface area contributed by atoms with E-state index in [2.05, 4.69) is 0 Å². The fourth-order valence-electron chi connectivity index (χ4n) is 1.71. The van der Waals surface area contributed by atoms with Crippen LogP contribution >= 0.6 is 0 Å². The Morgan fingerprint density at radius 3 is 2.58 bits per heavy atom. The minimum atomic E-state index is -4.15. The molecule has 0 fully saturated rings. The molecule has 6 heteroatoms. The highest BCUT2D eigenvalue weighted by Gasteiger charge is 2.28. The molecule has 1 rings (SSSR count). The van der Waals surface area contributed by atoms with Crippen LogP contribution in [0.2, 0.25) is 0 Å². The predicted octanol–water partition coefficient (Wildman–Crippen LogP) is 2.41. The molecule has 0 aromatic heterocycles. The molecular formula is C13H19F3N2O. The number of rotatable bonds is 7. The van der Waals surface area contributed by atoms with Gasteiger partial charge >= 0.3 is 6.18 Å². The minimum Gasteiger partial charge on any atom is -0.493 e. The van der Waals surface area contributed by atoms with Crippen molar-refractivity contribution in [1.29, 1.82) is 0 Å². The minimum absolute atomic E-state index is 0.338. The summed E-state index contributed by atoms with van der Waals surface area (Å²) < 4.78 is 41.8. The van der Waals surface area contributed by atoms with Gasteiger partial charge in [0.15, 0.2) is 0 Å². The third kappa shape index (κ3) is 6.45. The zero-order valence-corrected chi connectivity index (χ0v) is 10.9. The second-order valence-corrected chi connectivity index (χ2v) is 4.37. The number of ether oxygens (including phenoxy) is 1. The SMILES string of the molecule is CN(CCCOc1ccccc1CN)CC(F)(F)F. The van der Waals surface area contributed by atoms with Crippen LogP contribution in [0.1, 0.15) is 12.0 Å². The molecule has 0 atom stereocenters. The van der Waals surface area contributed by atoms with Gasteiger partial charge in [-0.25, -0.2) is 0 Å². The van der Waals surface area contributed by atoms with Gasteiger partial charge in [0.05, 0.1) is 13.2 Å². The van der Waals surface area contributed by atoms with Crippen molar-refractivity contribution < 1.29 is 17.9 Å². The summed E-state index contributed by atoms with van der Waals surface area (Å²) in [5.41, 5.74) is 6.45. The maximum atomic E-state index is 12.1. The van der Waals surface area contributed by atoms with E-state index < -0.39 is 12.7 Å². The molecule has 0 aliphatic heterocycles. The lowest BCUT2D eigenvalue weighted by Gasteiger charge is -2.18. The van der Waals surface area contributed by atoms with E-state index in [0.717, 1.165) is 5.56 Å². The van der Waals surface area contributed by atoms with Gasteiger partial charge in [-0.2, -0.15) is 13.2 Å². The van der Waals surface area contributed by atoms with Crippen LogP contribution in [0, 0.1) is 0 Å². The van der Waals surface area contributed by atoms with Crippen LogP contribution in [0.15, 0.2) is 24.3 Å². The van der Waals surface area contributed by atoms with Crippen LogP contribution in [0.5, 0.6) is 5.75 Å². The third-order valence-electron chi connectivity index (χ3n) is 2.58. The van der Waals surface area contributed by atoms with E-state index in [1.165, 1.54) is 11.9 Å². The Morgan fingerprint density at radius 2 is 1.95 bits per heavy atom. The highest BCUT2D eigenvalue weighted by atomic mass is 19.4. The molecular weight excluding hydrogens is 257 g/mol. The number of nitrogens with two attached hydrogens (primary N) is 1. The maximum absolute atomic E-state index is 12.1. The van der Waals surface area contributed by atoms with E-state index in [0.29, 0.717) is 31.9 Å². The van der Waals surface area contributed by atoms with Gasteiger partial charge in [0.25, 0.3) is 0 Å². The standard InChI is InChI=1S/C13H19F3N2O/c1-18(10-13(14,15)16)7-4-8-19-12-6-3-2-5-11(12)9-17/h2-3,5-6H,4,7-10,17H2,1H3. The van der Waals surface area contributed by atoms with Crippen molar-refractivity contribution in [1.82, 2.24) is 4.90 Å². The summed E-state index contributed by atoms with van der Waals surface area (Å²) in [6.07, 6.45) is -3.62. The summed E-state index contributed by atoms with van der Waals surface area (Å²) in [7, 11) is 1.45. The second kappa shape index (κ2) is 7.35. The molecule has 1 aromatic carbocycles. The Kier molecular flexibility index (Phi) is 6.11. The molecule has 0 radical (unpaired) electrons. The quantitative estimate of drug-likeness (QED) is 0.777. The number of para-hydroxylation sites is 1. The second-order valence-electron chi connectivity index (χ2n) is 4.37. The molecule has 0 bridgehead atoms. The molecule has 108 valence electrons. The van der Waals surface area contributed by atoms with Gasteiger partial charge in [-0.1, -0.05) is 18.2 Å². The van der Waals surface area contributed by atoms with Crippen molar-refractivity contribution in [3.05, 3.63) is 29.8 Å². The Hall–Kier alpha value is -1.27. The van der Waals surface area contributed by atoms with Crippen molar-refractivity contribution in [3.63, 3.8) is 0 Å². The smallest absolute Gasteiger partial charge is 0.401 e. The Balaban J connectivity index is 2.27. The molecule has 0 saturated heterocycles. The van der Waals surface area contributed by atoms with Gasteiger partial charge in [-0.15, -0.1) is 0 Å². The van der Waals surface area contributed by atoms with Gasteiger partial charge in [-0.3, -0.25) is 4.90 Å². The van der Waals surface area contributed by atoms with Crippen molar-refractivity contribution >= 4 is 0 Å². The van der Waals surface area contributed by atoms with Crippen LogP contribution in [0.4, 0.5) is 13.2 Å². The lowest BCUT2D eigenvalue weighted by Crippen LogP contribution is -2.32. The lowest BCUT2D eigenvalue weighted by atomic mass is 10.2. The topological polar surface area (TPSA) is 38.5 Å². The lowest BCUT2D eigenvalue weighted by molar-refractivity contribution is -0.143. The van der Waals surface area contributed by atoms with Gasteiger partial charge in [0.1, 0.15) is 5.75 Å². The molecule has 0 unspecified atom stereocenters. The fourth-order valence-corrected chi connectivity index (χ4v) is 1.71. The van der Waals surface area contributed by atoms with E-state index in [4.69, 9.17) is 10.5 Å². The van der Waals surface area contributed by atoms with E-state index in [1.807, 2.05) is 24.3 Å². The first-order chi connectivity index (χ1) is 8.92. The zero-order valence-electron chi connectivity index (χ0n) is 10.9. The number of hydrogen-bond donors (Lipinski definition) is 1. The highest BCUT2D eigenvalue weighted by Crippen LogP contribution is 2.18. The Morgan fingerprint density at radius 1 is 1.26 bits per heavy atom. The van der Waals surface area contributed by atoms with Crippen LogP contribution in [-0.4, -0.2) is 37.8 Å². The van der Waals surface area contributed by atoms with Gasteiger partial charge in [0.2, 0.25) is 0 Å². The monoisotopic (exact) mass is 276 g/mol. The molecule has 1 aromatic rings. The molecule has 0 saturated carbocycles. The number of halogens is 3. The van der Waals surface area contributed by atoms with E-state index in [9.17, 15) is 13.2 Å². The first kappa shape index (κ1) is 15.8. The van der Waals surface area contributed by atoms with Crippen molar-refractivity contribution in [3.8, 4) is 5.75 Å². The summed E-state index contributed by atoms with van der Waals surface area (Å²) in [4.78, 5) is 1.23. The summed E-state index contributed by atoms with van der Waals surface area (Å²) in [6.45, 7) is 0.194. The van der Waals surface area contributed by atoms with E-state index >= 15 is 0 Å². The maximum Gasteiger partial charge on any atom is 0.401 e.